The first kappa shape index (κ1) is 10.9. The summed E-state index contributed by atoms with van der Waals surface area (Å²) >= 11 is 0.843. The molecular formula is C7H11F3S. The van der Waals surface area contributed by atoms with Crippen molar-refractivity contribution in [1.29, 1.82) is 0 Å². The number of allylic oxidation sites excluding steroid dienone is 2. The highest BCUT2D eigenvalue weighted by atomic mass is 32.2. The Labute approximate surface area is 68.9 Å². The summed E-state index contributed by atoms with van der Waals surface area (Å²) in [6.45, 7) is 4.87. The van der Waals surface area contributed by atoms with Gasteiger partial charge in [-0.2, -0.15) is 13.2 Å². The van der Waals surface area contributed by atoms with E-state index in [1.165, 1.54) is 6.92 Å². The summed E-state index contributed by atoms with van der Waals surface area (Å²) in [4.78, 5) is -0.507. The van der Waals surface area contributed by atoms with E-state index in [-0.39, 0.29) is 5.25 Å². The average Bonchev–Trinajstić information content (AvgIpc) is 1.79. The lowest BCUT2D eigenvalue weighted by Gasteiger charge is -2.12. The van der Waals surface area contributed by atoms with Crippen LogP contribution in [0.5, 0.6) is 0 Å². The van der Waals surface area contributed by atoms with E-state index in [0.717, 1.165) is 17.8 Å². The van der Waals surface area contributed by atoms with Crippen molar-refractivity contribution in [2.24, 2.45) is 0 Å². The molecule has 0 spiro atoms. The van der Waals surface area contributed by atoms with Crippen molar-refractivity contribution in [3.63, 3.8) is 0 Å². The third kappa shape index (κ3) is 4.35. The molecule has 0 nitrogen and oxygen atoms in total. The molecule has 0 amide bonds. The lowest BCUT2D eigenvalue weighted by molar-refractivity contribution is -0.0837. The van der Waals surface area contributed by atoms with E-state index in [2.05, 4.69) is 0 Å². The van der Waals surface area contributed by atoms with Gasteiger partial charge in [-0.05, 0) is 6.92 Å². The molecule has 0 aliphatic heterocycles. The predicted molar refractivity (Wildman–Crippen MR) is 42.5 cm³/mol. The molecule has 0 N–H and O–H groups in total. The summed E-state index contributed by atoms with van der Waals surface area (Å²) in [5.41, 5.74) is 0. The fourth-order valence-corrected chi connectivity index (χ4v) is 1.33. The van der Waals surface area contributed by atoms with Crippen LogP contribution in [-0.2, 0) is 0 Å². The SMILES string of the molecule is CC=C(SC(C)C)C(F)(F)F. The highest BCUT2D eigenvalue weighted by molar-refractivity contribution is 8.03. The van der Waals surface area contributed by atoms with Crippen LogP contribution in [0.4, 0.5) is 13.2 Å². The standard InChI is InChI=1S/C7H11F3S/c1-4-6(7(8,9)10)11-5(2)3/h4-5H,1-3H3. The minimum atomic E-state index is -4.18. The van der Waals surface area contributed by atoms with Crippen LogP contribution in [0.3, 0.4) is 0 Å². The van der Waals surface area contributed by atoms with Gasteiger partial charge in [0.05, 0.1) is 4.91 Å². The number of thioether (sulfide) groups is 1. The molecule has 0 unspecified atom stereocenters. The molecule has 0 saturated heterocycles. The molecular weight excluding hydrogens is 173 g/mol. The molecule has 0 heterocycles. The average molecular weight is 184 g/mol. The molecule has 0 aromatic carbocycles. The maximum absolute atomic E-state index is 12.0. The van der Waals surface area contributed by atoms with Crippen LogP contribution in [-0.4, -0.2) is 11.4 Å². The van der Waals surface area contributed by atoms with Crippen LogP contribution < -0.4 is 0 Å². The van der Waals surface area contributed by atoms with Crippen LogP contribution in [0.2, 0.25) is 0 Å². The topological polar surface area (TPSA) is 0 Å². The van der Waals surface area contributed by atoms with E-state index in [9.17, 15) is 13.2 Å². The molecule has 0 radical (unpaired) electrons. The van der Waals surface area contributed by atoms with E-state index >= 15 is 0 Å². The first-order chi connectivity index (χ1) is 4.88. The van der Waals surface area contributed by atoms with Crippen LogP contribution in [0.15, 0.2) is 11.0 Å². The van der Waals surface area contributed by atoms with Gasteiger partial charge in [-0.25, -0.2) is 0 Å². The van der Waals surface area contributed by atoms with Crippen molar-refractivity contribution in [3.05, 3.63) is 11.0 Å². The molecule has 0 aromatic heterocycles. The molecule has 0 fully saturated rings. The van der Waals surface area contributed by atoms with E-state index in [1.54, 1.807) is 13.8 Å². The number of rotatable bonds is 2. The molecule has 0 aliphatic carbocycles. The number of hydrogen-bond donors (Lipinski definition) is 0. The van der Waals surface area contributed by atoms with Gasteiger partial charge in [0.25, 0.3) is 0 Å². The maximum Gasteiger partial charge on any atom is 0.421 e. The lowest BCUT2D eigenvalue weighted by atomic mass is 10.5. The largest absolute Gasteiger partial charge is 0.421 e. The van der Waals surface area contributed by atoms with Crippen molar-refractivity contribution in [3.8, 4) is 0 Å². The van der Waals surface area contributed by atoms with Crippen molar-refractivity contribution in [1.82, 2.24) is 0 Å². The van der Waals surface area contributed by atoms with Crippen molar-refractivity contribution < 1.29 is 13.2 Å². The Kier molecular flexibility index (Phi) is 4.00. The summed E-state index contributed by atoms with van der Waals surface area (Å²) in [5.74, 6) is 0. The quantitative estimate of drug-likeness (QED) is 0.632. The minimum absolute atomic E-state index is 0.0252. The summed E-state index contributed by atoms with van der Waals surface area (Å²) in [6, 6.07) is 0. The maximum atomic E-state index is 12.0. The van der Waals surface area contributed by atoms with Crippen LogP contribution in [0.1, 0.15) is 20.8 Å². The van der Waals surface area contributed by atoms with Crippen LogP contribution >= 0.6 is 11.8 Å². The normalized spacial score (nSPS) is 14.3. The molecule has 0 bridgehead atoms. The van der Waals surface area contributed by atoms with E-state index in [1.807, 2.05) is 0 Å². The first-order valence-corrected chi connectivity index (χ1v) is 4.16. The van der Waals surface area contributed by atoms with Gasteiger partial charge in [0, 0.05) is 5.25 Å². The fraction of sp³-hybridized carbons (Fsp3) is 0.714. The molecule has 0 atom stereocenters. The Morgan fingerprint density at radius 3 is 1.91 bits per heavy atom. The second-order valence-electron chi connectivity index (χ2n) is 2.32. The minimum Gasteiger partial charge on any atom is -0.166 e. The Morgan fingerprint density at radius 1 is 1.36 bits per heavy atom. The molecule has 4 heteroatoms. The third-order valence-electron chi connectivity index (χ3n) is 0.904. The Morgan fingerprint density at radius 2 is 1.82 bits per heavy atom. The highest BCUT2D eigenvalue weighted by Crippen LogP contribution is 2.36. The lowest BCUT2D eigenvalue weighted by Crippen LogP contribution is -2.10. The Balaban J connectivity index is 4.21. The molecule has 66 valence electrons. The van der Waals surface area contributed by atoms with Gasteiger partial charge >= 0.3 is 6.18 Å². The van der Waals surface area contributed by atoms with E-state index in [0.29, 0.717) is 0 Å². The molecule has 0 saturated carbocycles. The van der Waals surface area contributed by atoms with E-state index in [4.69, 9.17) is 0 Å². The second-order valence-corrected chi connectivity index (χ2v) is 3.94. The van der Waals surface area contributed by atoms with Gasteiger partial charge in [-0.1, -0.05) is 19.9 Å². The number of halogens is 3. The highest BCUT2D eigenvalue weighted by Gasteiger charge is 2.33. The third-order valence-corrected chi connectivity index (χ3v) is 2.10. The van der Waals surface area contributed by atoms with Crippen LogP contribution in [0.25, 0.3) is 0 Å². The zero-order chi connectivity index (χ0) is 9.07. The molecule has 11 heavy (non-hydrogen) atoms. The summed E-state index contributed by atoms with van der Waals surface area (Å²) in [6.07, 6.45) is -3.08. The van der Waals surface area contributed by atoms with Crippen molar-refractivity contribution in [2.45, 2.75) is 32.2 Å². The predicted octanol–water partition coefficient (Wildman–Crippen LogP) is 3.59. The van der Waals surface area contributed by atoms with Crippen molar-refractivity contribution >= 4 is 11.8 Å². The van der Waals surface area contributed by atoms with E-state index < -0.39 is 11.1 Å². The van der Waals surface area contributed by atoms with Gasteiger partial charge in [0.2, 0.25) is 0 Å². The zero-order valence-corrected chi connectivity index (χ0v) is 7.51. The zero-order valence-electron chi connectivity index (χ0n) is 6.70. The van der Waals surface area contributed by atoms with Gasteiger partial charge in [-0.15, -0.1) is 11.8 Å². The van der Waals surface area contributed by atoms with Gasteiger partial charge in [0.1, 0.15) is 0 Å². The smallest absolute Gasteiger partial charge is 0.166 e. The molecule has 0 rings (SSSR count). The first-order valence-electron chi connectivity index (χ1n) is 3.28. The van der Waals surface area contributed by atoms with Gasteiger partial charge in [-0.3, -0.25) is 0 Å². The summed E-state index contributed by atoms with van der Waals surface area (Å²) < 4.78 is 36.0. The number of alkyl halides is 3. The summed E-state index contributed by atoms with van der Waals surface area (Å²) in [7, 11) is 0. The monoisotopic (exact) mass is 184 g/mol. The van der Waals surface area contributed by atoms with Gasteiger partial charge in [0.15, 0.2) is 0 Å². The summed E-state index contributed by atoms with van der Waals surface area (Å²) in [5, 5.41) is -0.0252. The van der Waals surface area contributed by atoms with Crippen molar-refractivity contribution in [2.75, 3.05) is 0 Å². The van der Waals surface area contributed by atoms with Gasteiger partial charge < -0.3 is 0 Å². The molecule has 0 aromatic rings. The fourth-order valence-electron chi connectivity index (χ4n) is 0.552. The second kappa shape index (κ2) is 4.04. The van der Waals surface area contributed by atoms with Crippen LogP contribution in [0, 0.1) is 0 Å². The number of hydrogen-bond acceptors (Lipinski definition) is 1. The Hall–Kier alpha value is -0.120. The Bertz CT molecular complexity index is 146. The molecule has 0 aliphatic rings.